The molecule has 0 spiro atoms. The monoisotopic (exact) mass is 236 g/mol. The number of rotatable bonds is 6. The number of nitrogens with zero attached hydrogens (tertiary/aromatic N) is 2. The first kappa shape index (κ1) is 13.4. The molecule has 1 rings (SSSR count). The van der Waals surface area contributed by atoms with E-state index in [1.807, 2.05) is 38.2 Å². The summed E-state index contributed by atoms with van der Waals surface area (Å²) in [7, 11) is 5.68. The Labute approximate surface area is 102 Å². The fraction of sp³-hybridized carbons (Fsp3) is 0.500. The number of hydrogen-bond donors (Lipinski definition) is 2. The molecule has 0 aliphatic carbocycles. The molecule has 0 atom stereocenters. The smallest absolute Gasteiger partial charge is 0.224 e. The lowest BCUT2D eigenvalue weighted by Crippen LogP contribution is -2.18. The average Bonchev–Trinajstić information content (AvgIpc) is 2.29. The molecule has 0 fully saturated rings. The first-order valence-corrected chi connectivity index (χ1v) is 5.72. The molecule has 94 valence electrons. The van der Waals surface area contributed by atoms with E-state index in [4.69, 9.17) is 0 Å². The zero-order chi connectivity index (χ0) is 12.7. The Hall–Kier alpha value is -1.62. The molecule has 0 saturated carbocycles. The van der Waals surface area contributed by atoms with Crippen molar-refractivity contribution in [3.8, 4) is 0 Å². The van der Waals surface area contributed by atoms with E-state index >= 15 is 0 Å². The number of nitrogens with one attached hydrogen (secondary N) is 2. The largest absolute Gasteiger partial charge is 0.361 e. The summed E-state index contributed by atoms with van der Waals surface area (Å²) in [6.45, 7) is 0.848. The molecule has 0 radical (unpaired) electrons. The van der Waals surface area contributed by atoms with Gasteiger partial charge >= 0.3 is 0 Å². The first-order chi connectivity index (χ1) is 8.15. The van der Waals surface area contributed by atoms with E-state index in [-0.39, 0.29) is 5.91 Å². The molecule has 5 nitrogen and oxygen atoms in total. The second-order valence-electron chi connectivity index (χ2n) is 4.02. The third-order valence-corrected chi connectivity index (χ3v) is 2.31. The van der Waals surface area contributed by atoms with Crippen LogP contribution < -0.4 is 15.5 Å². The van der Waals surface area contributed by atoms with E-state index < -0.39 is 0 Å². The summed E-state index contributed by atoms with van der Waals surface area (Å²) in [6, 6.07) is 3.68. The van der Waals surface area contributed by atoms with Crippen LogP contribution >= 0.6 is 0 Å². The summed E-state index contributed by atoms with van der Waals surface area (Å²) in [6.07, 6.45) is 3.06. The number of carbonyl (C=O) groups excluding carboxylic acids is 1. The number of aromatic nitrogens is 1. The van der Waals surface area contributed by atoms with Gasteiger partial charge in [-0.2, -0.15) is 0 Å². The zero-order valence-corrected chi connectivity index (χ0v) is 10.7. The standard InChI is InChI=1S/C12H20N4O/c1-13-8-5-7-11(17)15-10-6-4-9-14-12(10)16(2)3/h4,6,9,13H,5,7-8H2,1-3H3,(H,15,17). The maximum absolute atomic E-state index is 11.7. The Balaban J connectivity index is 2.58. The van der Waals surface area contributed by atoms with Crippen molar-refractivity contribution in [1.29, 1.82) is 0 Å². The van der Waals surface area contributed by atoms with Crippen molar-refractivity contribution in [3.05, 3.63) is 18.3 Å². The highest BCUT2D eigenvalue weighted by atomic mass is 16.1. The molecule has 5 heteroatoms. The van der Waals surface area contributed by atoms with Crippen molar-refractivity contribution < 1.29 is 4.79 Å². The van der Waals surface area contributed by atoms with Gasteiger partial charge in [0, 0.05) is 26.7 Å². The molecule has 0 aromatic carbocycles. The molecular formula is C12H20N4O. The molecule has 1 heterocycles. The topological polar surface area (TPSA) is 57.3 Å². The van der Waals surface area contributed by atoms with Crippen LogP contribution in [0.25, 0.3) is 0 Å². The van der Waals surface area contributed by atoms with Gasteiger partial charge in [-0.3, -0.25) is 4.79 Å². The van der Waals surface area contributed by atoms with E-state index in [1.54, 1.807) is 6.20 Å². The lowest BCUT2D eigenvalue weighted by Gasteiger charge is -2.16. The maximum Gasteiger partial charge on any atom is 0.224 e. The van der Waals surface area contributed by atoms with Crippen molar-refractivity contribution in [3.63, 3.8) is 0 Å². The van der Waals surface area contributed by atoms with Gasteiger partial charge in [0.25, 0.3) is 0 Å². The predicted molar refractivity (Wildman–Crippen MR) is 70.4 cm³/mol. The van der Waals surface area contributed by atoms with E-state index in [1.165, 1.54) is 0 Å². The van der Waals surface area contributed by atoms with Crippen molar-refractivity contribution in [2.75, 3.05) is 37.9 Å². The van der Waals surface area contributed by atoms with Gasteiger partial charge < -0.3 is 15.5 Å². The van der Waals surface area contributed by atoms with Gasteiger partial charge in [0.15, 0.2) is 5.82 Å². The lowest BCUT2D eigenvalue weighted by molar-refractivity contribution is -0.116. The Bertz CT molecular complexity index is 365. The number of carbonyl (C=O) groups is 1. The fourth-order valence-electron chi connectivity index (χ4n) is 1.49. The van der Waals surface area contributed by atoms with Gasteiger partial charge in [-0.25, -0.2) is 4.98 Å². The van der Waals surface area contributed by atoms with Crippen molar-refractivity contribution in [2.24, 2.45) is 0 Å². The molecule has 0 bridgehead atoms. The van der Waals surface area contributed by atoms with Crippen LogP contribution in [-0.4, -0.2) is 38.6 Å². The average molecular weight is 236 g/mol. The van der Waals surface area contributed by atoms with E-state index in [9.17, 15) is 4.79 Å². The molecular weight excluding hydrogens is 216 g/mol. The predicted octanol–water partition coefficient (Wildman–Crippen LogP) is 1.09. The summed E-state index contributed by atoms with van der Waals surface area (Å²) >= 11 is 0. The zero-order valence-electron chi connectivity index (χ0n) is 10.7. The van der Waals surface area contributed by atoms with Gasteiger partial charge in [0.1, 0.15) is 0 Å². The minimum absolute atomic E-state index is 0.0244. The maximum atomic E-state index is 11.7. The van der Waals surface area contributed by atoms with Crippen molar-refractivity contribution in [2.45, 2.75) is 12.8 Å². The highest BCUT2D eigenvalue weighted by Gasteiger charge is 2.08. The second kappa shape index (κ2) is 6.85. The van der Waals surface area contributed by atoms with Crippen LogP contribution in [-0.2, 0) is 4.79 Å². The summed E-state index contributed by atoms with van der Waals surface area (Å²) < 4.78 is 0. The van der Waals surface area contributed by atoms with Gasteiger partial charge in [-0.15, -0.1) is 0 Å². The van der Waals surface area contributed by atoms with Crippen LogP contribution in [0.5, 0.6) is 0 Å². The van der Waals surface area contributed by atoms with E-state index in [0.717, 1.165) is 24.5 Å². The normalized spacial score (nSPS) is 10.1. The van der Waals surface area contributed by atoms with Crippen LogP contribution in [0.1, 0.15) is 12.8 Å². The Morgan fingerprint density at radius 1 is 1.47 bits per heavy atom. The molecule has 1 amide bonds. The molecule has 17 heavy (non-hydrogen) atoms. The van der Waals surface area contributed by atoms with Crippen molar-refractivity contribution in [1.82, 2.24) is 10.3 Å². The van der Waals surface area contributed by atoms with E-state index in [0.29, 0.717) is 6.42 Å². The highest BCUT2D eigenvalue weighted by Crippen LogP contribution is 2.20. The molecule has 0 unspecified atom stereocenters. The van der Waals surface area contributed by atoms with Crippen LogP contribution in [0, 0.1) is 0 Å². The highest BCUT2D eigenvalue weighted by molar-refractivity contribution is 5.93. The quantitative estimate of drug-likeness (QED) is 0.726. The van der Waals surface area contributed by atoms with Gasteiger partial charge in [-0.05, 0) is 32.1 Å². The first-order valence-electron chi connectivity index (χ1n) is 5.72. The SMILES string of the molecule is CNCCCC(=O)Nc1cccnc1N(C)C. The molecule has 2 N–H and O–H groups in total. The summed E-state index contributed by atoms with van der Waals surface area (Å²) in [5.41, 5.74) is 0.756. The van der Waals surface area contributed by atoms with E-state index in [2.05, 4.69) is 15.6 Å². The third-order valence-electron chi connectivity index (χ3n) is 2.31. The van der Waals surface area contributed by atoms with Crippen LogP contribution in [0.4, 0.5) is 11.5 Å². The minimum Gasteiger partial charge on any atom is -0.361 e. The number of pyridine rings is 1. The molecule has 0 aliphatic rings. The van der Waals surface area contributed by atoms with Gasteiger partial charge in [-0.1, -0.05) is 0 Å². The lowest BCUT2D eigenvalue weighted by atomic mass is 10.3. The van der Waals surface area contributed by atoms with Crippen LogP contribution in [0.2, 0.25) is 0 Å². The molecule has 0 aliphatic heterocycles. The molecule has 1 aromatic heterocycles. The number of anilines is 2. The summed E-state index contributed by atoms with van der Waals surface area (Å²) in [5, 5.41) is 5.90. The Kier molecular flexibility index (Phi) is 5.42. The van der Waals surface area contributed by atoms with Crippen LogP contribution in [0.15, 0.2) is 18.3 Å². The number of amides is 1. The number of hydrogen-bond acceptors (Lipinski definition) is 4. The Morgan fingerprint density at radius 3 is 2.88 bits per heavy atom. The molecule has 1 aromatic rings. The fourth-order valence-corrected chi connectivity index (χ4v) is 1.49. The summed E-state index contributed by atoms with van der Waals surface area (Å²) in [4.78, 5) is 17.8. The third kappa shape index (κ3) is 4.40. The van der Waals surface area contributed by atoms with Crippen LogP contribution in [0.3, 0.4) is 0 Å². The van der Waals surface area contributed by atoms with Gasteiger partial charge in [0.2, 0.25) is 5.91 Å². The van der Waals surface area contributed by atoms with Gasteiger partial charge in [0.05, 0.1) is 5.69 Å². The second-order valence-corrected chi connectivity index (χ2v) is 4.02. The molecule has 0 saturated heterocycles. The summed E-state index contributed by atoms with van der Waals surface area (Å²) in [5.74, 6) is 0.797. The Morgan fingerprint density at radius 2 is 2.24 bits per heavy atom. The van der Waals surface area contributed by atoms with Crippen molar-refractivity contribution >= 4 is 17.4 Å². The minimum atomic E-state index is 0.0244.